The molecule has 0 saturated carbocycles. The summed E-state index contributed by atoms with van der Waals surface area (Å²) in [6, 6.07) is 10.1. The van der Waals surface area contributed by atoms with Crippen LogP contribution in [0.1, 0.15) is 71.3 Å². The number of carbonyl (C=O) groups is 2. The molecule has 0 radical (unpaired) electrons. The molecule has 0 aromatic heterocycles. The van der Waals surface area contributed by atoms with Crippen LogP contribution >= 0.6 is 0 Å². The minimum Gasteiger partial charge on any atom is -0.444 e. The molecule has 0 aliphatic carbocycles. The number of amides is 2. The number of hydrogen-bond donors (Lipinski definition) is 1. The Kier molecular flexibility index (Phi) is 12.2. The number of benzene rings is 1. The van der Waals surface area contributed by atoms with Crippen LogP contribution in [-0.4, -0.2) is 48.3 Å². The Labute approximate surface area is 189 Å². The first-order chi connectivity index (χ1) is 15.0. The fourth-order valence-corrected chi connectivity index (χ4v) is 3.18. The third kappa shape index (κ3) is 13.2. The van der Waals surface area contributed by atoms with Crippen LogP contribution in [0.2, 0.25) is 0 Å². The van der Waals surface area contributed by atoms with Crippen LogP contribution in [-0.2, 0) is 16.0 Å². The molecule has 0 saturated heterocycles. The highest BCUT2D eigenvalue weighted by atomic mass is 19.4. The topological polar surface area (TPSA) is 58.6 Å². The van der Waals surface area contributed by atoms with Crippen LogP contribution in [0.15, 0.2) is 30.3 Å². The molecule has 2 amide bonds. The molecule has 0 heterocycles. The van der Waals surface area contributed by atoms with Gasteiger partial charge >= 0.3 is 18.2 Å². The van der Waals surface area contributed by atoms with E-state index in [9.17, 15) is 22.8 Å². The van der Waals surface area contributed by atoms with E-state index in [4.69, 9.17) is 4.74 Å². The zero-order valence-corrected chi connectivity index (χ0v) is 19.5. The second kappa shape index (κ2) is 14.0. The fourth-order valence-electron chi connectivity index (χ4n) is 3.18. The van der Waals surface area contributed by atoms with Gasteiger partial charge in [0, 0.05) is 19.6 Å². The predicted octanol–water partition coefficient (Wildman–Crippen LogP) is 5.88. The monoisotopic (exact) mass is 458 g/mol. The van der Waals surface area contributed by atoms with Crippen LogP contribution in [0, 0.1) is 0 Å². The van der Waals surface area contributed by atoms with Crippen molar-refractivity contribution in [3.63, 3.8) is 0 Å². The van der Waals surface area contributed by atoms with Gasteiger partial charge in [0.15, 0.2) is 0 Å². The second-order valence-corrected chi connectivity index (χ2v) is 8.93. The molecule has 1 aromatic carbocycles. The summed E-state index contributed by atoms with van der Waals surface area (Å²) in [5.41, 5.74) is 0.694. The molecule has 0 bridgehead atoms. The van der Waals surface area contributed by atoms with Crippen molar-refractivity contribution in [2.24, 2.45) is 0 Å². The summed E-state index contributed by atoms with van der Waals surface area (Å²) < 4.78 is 41.8. The van der Waals surface area contributed by atoms with Gasteiger partial charge in [0.05, 0.1) is 0 Å². The molecule has 0 fully saturated rings. The molecule has 32 heavy (non-hydrogen) atoms. The molecule has 1 N–H and O–H groups in total. The van der Waals surface area contributed by atoms with E-state index >= 15 is 0 Å². The molecule has 1 aromatic rings. The van der Waals surface area contributed by atoms with Crippen molar-refractivity contribution in [2.45, 2.75) is 83.9 Å². The maximum Gasteiger partial charge on any atom is 0.471 e. The van der Waals surface area contributed by atoms with Crippen molar-refractivity contribution < 1.29 is 27.5 Å². The largest absolute Gasteiger partial charge is 0.471 e. The summed E-state index contributed by atoms with van der Waals surface area (Å²) in [4.78, 5) is 25.0. The lowest BCUT2D eigenvalue weighted by Gasteiger charge is -2.27. The Balaban J connectivity index is 2.27. The van der Waals surface area contributed by atoms with Gasteiger partial charge in [0.25, 0.3) is 0 Å². The Morgan fingerprint density at radius 3 is 2.03 bits per heavy atom. The van der Waals surface area contributed by atoms with Crippen molar-refractivity contribution >= 4 is 12.0 Å². The van der Waals surface area contributed by atoms with E-state index in [2.05, 4.69) is 12.1 Å². The molecule has 0 atom stereocenters. The SMILES string of the molecule is CC(C)(C)OC(=O)N(CCCCCCCCNC(=O)C(F)(F)F)CCCc1ccccc1. The summed E-state index contributed by atoms with van der Waals surface area (Å²) in [6.07, 6.45) is 1.48. The number of ether oxygens (including phenoxy) is 1. The van der Waals surface area contributed by atoms with Gasteiger partial charge in [0.2, 0.25) is 0 Å². The van der Waals surface area contributed by atoms with Crippen molar-refractivity contribution in [1.82, 2.24) is 10.2 Å². The van der Waals surface area contributed by atoms with Crippen LogP contribution in [0.5, 0.6) is 0 Å². The number of rotatable bonds is 13. The summed E-state index contributed by atoms with van der Waals surface area (Å²) in [6.45, 7) is 6.83. The number of aryl methyl sites for hydroxylation is 1. The standard InChI is InChI=1S/C24H37F3N2O3/c1-23(2,3)32-22(31)29(19-13-16-20-14-9-8-10-15-20)18-12-7-5-4-6-11-17-28-21(30)24(25,26)27/h8-10,14-15H,4-7,11-13,16-19H2,1-3H3,(H,28,30). The molecular formula is C24H37F3N2O3. The maximum absolute atomic E-state index is 12.6. The number of halogens is 3. The zero-order chi connectivity index (χ0) is 24.0. The quantitative estimate of drug-likeness (QED) is 0.376. The average Bonchev–Trinajstić information content (AvgIpc) is 2.69. The fraction of sp³-hybridized carbons (Fsp3) is 0.667. The lowest BCUT2D eigenvalue weighted by atomic mass is 10.1. The number of nitrogens with one attached hydrogen (secondary N) is 1. The second-order valence-electron chi connectivity index (χ2n) is 8.93. The van der Waals surface area contributed by atoms with E-state index in [0.29, 0.717) is 19.5 Å². The minimum atomic E-state index is -4.82. The summed E-state index contributed by atoms with van der Waals surface area (Å²) in [7, 11) is 0. The van der Waals surface area contributed by atoms with Crippen LogP contribution in [0.25, 0.3) is 0 Å². The Bertz CT molecular complexity index is 673. The molecule has 8 heteroatoms. The smallest absolute Gasteiger partial charge is 0.444 e. The van der Waals surface area contributed by atoms with Gasteiger partial charge in [0.1, 0.15) is 5.60 Å². The maximum atomic E-state index is 12.6. The van der Waals surface area contributed by atoms with Crippen molar-refractivity contribution in [3.05, 3.63) is 35.9 Å². The first-order valence-electron chi connectivity index (χ1n) is 11.4. The van der Waals surface area contributed by atoms with Gasteiger partial charge in [-0.2, -0.15) is 13.2 Å². The van der Waals surface area contributed by atoms with E-state index < -0.39 is 17.7 Å². The van der Waals surface area contributed by atoms with E-state index in [1.165, 1.54) is 5.56 Å². The van der Waals surface area contributed by atoms with E-state index in [1.807, 2.05) is 44.3 Å². The number of hydrogen-bond acceptors (Lipinski definition) is 3. The minimum absolute atomic E-state index is 0.0339. The predicted molar refractivity (Wildman–Crippen MR) is 119 cm³/mol. The van der Waals surface area contributed by atoms with E-state index in [1.54, 1.807) is 4.90 Å². The Hall–Kier alpha value is -2.25. The normalized spacial score (nSPS) is 11.8. The van der Waals surface area contributed by atoms with Gasteiger partial charge in [-0.05, 0) is 52.0 Å². The van der Waals surface area contributed by atoms with Crippen molar-refractivity contribution in [3.8, 4) is 0 Å². The number of carbonyl (C=O) groups excluding carboxylic acids is 2. The van der Waals surface area contributed by atoms with Gasteiger partial charge in [-0.1, -0.05) is 56.0 Å². The van der Waals surface area contributed by atoms with Crippen molar-refractivity contribution in [2.75, 3.05) is 19.6 Å². The van der Waals surface area contributed by atoms with Gasteiger partial charge < -0.3 is 15.0 Å². The molecule has 5 nitrogen and oxygen atoms in total. The highest BCUT2D eigenvalue weighted by molar-refractivity contribution is 5.81. The molecule has 0 spiro atoms. The Morgan fingerprint density at radius 1 is 0.875 bits per heavy atom. The highest BCUT2D eigenvalue weighted by Crippen LogP contribution is 2.15. The highest BCUT2D eigenvalue weighted by Gasteiger charge is 2.38. The number of nitrogens with zero attached hydrogens (tertiary/aromatic N) is 1. The number of unbranched alkanes of at least 4 members (excludes halogenated alkanes) is 5. The van der Waals surface area contributed by atoms with E-state index in [-0.39, 0.29) is 12.6 Å². The van der Waals surface area contributed by atoms with Gasteiger partial charge in [-0.15, -0.1) is 0 Å². The number of alkyl halides is 3. The Morgan fingerprint density at radius 2 is 1.44 bits per heavy atom. The first-order valence-corrected chi connectivity index (χ1v) is 11.4. The molecule has 1 rings (SSSR count). The van der Waals surface area contributed by atoms with Crippen LogP contribution < -0.4 is 5.32 Å². The lowest BCUT2D eigenvalue weighted by Crippen LogP contribution is -2.38. The van der Waals surface area contributed by atoms with E-state index in [0.717, 1.165) is 44.9 Å². The van der Waals surface area contributed by atoms with Gasteiger partial charge in [-0.25, -0.2) is 4.79 Å². The molecular weight excluding hydrogens is 421 g/mol. The third-order valence-electron chi connectivity index (χ3n) is 4.79. The van der Waals surface area contributed by atoms with Gasteiger partial charge in [-0.3, -0.25) is 4.79 Å². The third-order valence-corrected chi connectivity index (χ3v) is 4.79. The van der Waals surface area contributed by atoms with Crippen LogP contribution in [0.3, 0.4) is 0 Å². The molecule has 0 aliphatic rings. The van der Waals surface area contributed by atoms with Crippen LogP contribution in [0.4, 0.5) is 18.0 Å². The first kappa shape index (κ1) is 27.8. The summed E-state index contributed by atoms with van der Waals surface area (Å²) >= 11 is 0. The lowest BCUT2D eigenvalue weighted by molar-refractivity contribution is -0.173. The average molecular weight is 459 g/mol. The molecule has 0 unspecified atom stereocenters. The zero-order valence-electron chi connectivity index (χ0n) is 19.5. The summed E-state index contributed by atoms with van der Waals surface area (Å²) in [5, 5.41) is 1.88. The summed E-state index contributed by atoms with van der Waals surface area (Å²) in [5.74, 6) is -1.88. The van der Waals surface area contributed by atoms with Crippen molar-refractivity contribution in [1.29, 1.82) is 0 Å². The molecule has 0 aliphatic heterocycles. The molecule has 182 valence electrons.